The van der Waals surface area contributed by atoms with Crippen molar-refractivity contribution in [1.29, 1.82) is 0 Å². The van der Waals surface area contributed by atoms with Crippen LogP contribution >= 0.6 is 11.3 Å². The number of rotatable bonds is 5. The van der Waals surface area contributed by atoms with Crippen LogP contribution in [0.4, 0.5) is 0 Å². The number of aliphatic carboxylic acids is 1. The summed E-state index contributed by atoms with van der Waals surface area (Å²) < 4.78 is 5.14. The second-order valence-corrected chi connectivity index (χ2v) is 5.66. The Morgan fingerprint density at radius 3 is 2.89 bits per heavy atom. The second-order valence-electron chi connectivity index (χ2n) is 4.71. The molecule has 0 aliphatic carbocycles. The van der Waals surface area contributed by atoms with Crippen LogP contribution in [-0.2, 0) is 11.3 Å². The fourth-order valence-electron chi connectivity index (χ4n) is 1.39. The molecule has 0 fully saturated rings. The van der Waals surface area contributed by atoms with E-state index in [1.807, 2.05) is 17.5 Å². The zero-order valence-corrected chi connectivity index (χ0v) is 11.8. The van der Waals surface area contributed by atoms with E-state index in [1.54, 1.807) is 25.8 Å². The molecule has 0 spiro atoms. The van der Waals surface area contributed by atoms with Gasteiger partial charge in [-0.15, -0.1) is 11.3 Å². The van der Waals surface area contributed by atoms with Crippen LogP contribution in [0.15, 0.2) is 22.0 Å². The van der Waals surface area contributed by atoms with Gasteiger partial charge in [-0.25, -0.2) is 0 Å². The van der Waals surface area contributed by atoms with Crippen molar-refractivity contribution in [3.05, 3.63) is 23.4 Å². The highest BCUT2D eigenvalue weighted by Gasteiger charge is 2.33. The molecule has 0 aliphatic rings. The van der Waals surface area contributed by atoms with E-state index < -0.39 is 11.5 Å². The van der Waals surface area contributed by atoms with Crippen LogP contribution in [0, 0.1) is 0 Å². The van der Waals surface area contributed by atoms with Crippen molar-refractivity contribution >= 4 is 17.3 Å². The Morgan fingerprint density at radius 2 is 2.32 bits per heavy atom. The van der Waals surface area contributed by atoms with Gasteiger partial charge >= 0.3 is 5.97 Å². The first-order valence-electron chi connectivity index (χ1n) is 5.72. The molecule has 0 saturated heterocycles. The monoisotopic (exact) mass is 281 g/mol. The molecule has 2 heterocycles. The molecule has 0 radical (unpaired) electrons. The normalized spacial score (nSPS) is 12.0. The smallest absolute Gasteiger partial charge is 0.323 e. The lowest BCUT2D eigenvalue weighted by Gasteiger charge is -2.29. The minimum atomic E-state index is -0.989. The van der Waals surface area contributed by atoms with Crippen molar-refractivity contribution in [3.63, 3.8) is 0 Å². The van der Waals surface area contributed by atoms with Crippen molar-refractivity contribution in [2.24, 2.45) is 0 Å². The Labute approximate surface area is 114 Å². The van der Waals surface area contributed by atoms with Crippen LogP contribution in [0.3, 0.4) is 0 Å². The average molecular weight is 281 g/mol. The van der Waals surface area contributed by atoms with E-state index in [0.717, 1.165) is 4.88 Å². The number of nitrogens with zero attached hydrogens (tertiary/aromatic N) is 3. The highest BCUT2D eigenvalue weighted by molar-refractivity contribution is 7.13. The van der Waals surface area contributed by atoms with E-state index in [1.165, 1.54) is 11.3 Å². The quantitative estimate of drug-likeness (QED) is 0.904. The number of hydrogen-bond acceptors (Lipinski definition) is 6. The molecule has 7 heteroatoms. The van der Waals surface area contributed by atoms with Gasteiger partial charge in [-0.3, -0.25) is 9.69 Å². The summed E-state index contributed by atoms with van der Waals surface area (Å²) in [6, 6.07) is 3.82. The second kappa shape index (κ2) is 5.10. The summed E-state index contributed by atoms with van der Waals surface area (Å²) in [6.45, 7) is 3.55. The number of carboxylic acids is 1. The topological polar surface area (TPSA) is 79.5 Å². The fraction of sp³-hybridized carbons (Fsp3) is 0.417. The number of carboxylic acid groups (broad SMARTS) is 1. The molecule has 0 unspecified atom stereocenters. The van der Waals surface area contributed by atoms with Gasteiger partial charge in [-0.1, -0.05) is 11.2 Å². The summed E-state index contributed by atoms with van der Waals surface area (Å²) >= 11 is 1.53. The number of likely N-dealkylation sites (N-methyl/N-ethyl adjacent to an activating group) is 1. The van der Waals surface area contributed by atoms with Gasteiger partial charge in [-0.05, 0) is 32.3 Å². The molecule has 1 N–H and O–H groups in total. The highest BCUT2D eigenvalue weighted by Crippen LogP contribution is 2.22. The summed E-state index contributed by atoms with van der Waals surface area (Å²) in [5, 5.41) is 15.0. The Bertz CT molecular complexity index is 563. The van der Waals surface area contributed by atoms with Gasteiger partial charge in [0.1, 0.15) is 5.54 Å². The first-order chi connectivity index (χ1) is 8.91. The maximum Gasteiger partial charge on any atom is 0.323 e. The van der Waals surface area contributed by atoms with Crippen molar-refractivity contribution in [2.75, 3.05) is 7.05 Å². The van der Waals surface area contributed by atoms with E-state index in [2.05, 4.69) is 10.1 Å². The highest BCUT2D eigenvalue weighted by atomic mass is 32.1. The number of carbonyl (C=O) groups is 1. The van der Waals surface area contributed by atoms with Gasteiger partial charge in [0, 0.05) is 0 Å². The van der Waals surface area contributed by atoms with Crippen molar-refractivity contribution in [1.82, 2.24) is 15.0 Å². The van der Waals surface area contributed by atoms with Crippen LogP contribution in [-0.4, -0.2) is 38.7 Å². The molecule has 2 aromatic heterocycles. The molecular formula is C12H15N3O3S. The minimum absolute atomic E-state index is 0.289. The zero-order valence-electron chi connectivity index (χ0n) is 11.0. The lowest BCUT2D eigenvalue weighted by Crippen LogP contribution is -2.47. The third-order valence-corrected chi connectivity index (χ3v) is 3.93. The third-order valence-electron chi connectivity index (χ3n) is 3.06. The Kier molecular flexibility index (Phi) is 3.68. The predicted octanol–water partition coefficient (Wildman–Crippen LogP) is 2.09. The van der Waals surface area contributed by atoms with E-state index in [4.69, 9.17) is 9.63 Å². The molecule has 2 aromatic rings. The largest absolute Gasteiger partial charge is 0.480 e. The number of aromatic nitrogens is 2. The van der Waals surface area contributed by atoms with E-state index in [-0.39, 0.29) is 6.54 Å². The van der Waals surface area contributed by atoms with E-state index >= 15 is 0 Å². The lowest BCUT2D eigenvalue weighted by molar-refractivity contribution is -0.149. The molecule has 0 saturated carbocycles. The summed E-state index contributed by atoms with van der Waals surface area (Å²) in [7, 11) is 1.71. The summed E-state index contributed by atoms with van der Waals surface area (Å²) in [4.78, 5) is 18.0. The Hall–Kier alpha value is -1.73. The molecule has 0 amide bonds. The molecular weight excluding hydrogens is 266 g/mol. The predicted molar refractivity (Wildman–Crippen MR) is 70.8 cm³/mol. The van der Waals surface area contributed by atoms with Crippen LogP contribution in [0.25, 0.3) is 10.7 Å². The van der Waals surface area contributed by atoms with Crippen molar-refractivity contribution in [2.45, 2.75) is 25.9 Å². The van der Waals surface area contributed by atoms with E-state index in [9.17, 15) is 4.79 Å². The van der Waals surface area contributed by atoms with Crippen LogP contribution < -0.4 is 0 Å². The number of hydrogen-bond donors (Lipinski definition) is 1. The molecule has 0 aromatic carbocycles. The lowest BCUT2D eigenvalue weighted by atomic mass is 10.0. The zero-order chi connectivity index (χ0) is 14.0. The molecule has 0 atom stereocenters. The van der Waals surface area contributed by atoms with Crippen LogP contribution in [0.5, 0.6) is 0 Å². The Morgan fingerprint density at radius 1 is 1.58 bits per heavy atom. The molecule has 2 rings (SSSR count). The minimum Gasteiger partial charge on any atom is -0.480 e. The summed E-state index contributed by atoms with van der Waals surface area (Å²) in [5.41, 5.74) is -0.989. The van der Waals surface area contributed by atoms with Crippen LogP contribution in [0.2, 0.25) is 0 Å². The van der Waals surface area contributed by atoms with Crippen molar-refractivity contribution in [3.8, 4) is 10.7 Å². The molecule has 0 bridgehead atoms. The molecule has 0 aliphatic heterocycles. The third kappa shape index (κ3) is 2.82. The SMILES string of the molecule is CN(Cc1nc(-c2cccs2)no1)C(C)(C)C(=O)O. The van der Waals surface area contributed by atoms with Crippen LogP contribution in [0.1, 0.15) is 19.7 Å². The average Bonchev–Trinajstić information content (AvgIpc) is 2.97. The number of thiophene rings is 1. The van der Waals surface area contributed by atoms with Gasteiger partial charge < -0.3 is 9.63 Å². The maximum atomic E-state index is 11.1. The van der Waals surface area contributed by atoms with Gasteiger partial charge in [-0.2, -0.15) is 4.98 Å². The molecule has 6 nitrogen and oxygen atoms in total. The van der Waals surface area contributed by atoms with E-state index in [0.29, 0.717) is 11.7 Å². The van der Waals surface area contributed by atoms with Gasteiger partial charge in [0.25, 0.3) is 0 Å². The fourth-order valence-corrected chi connectivity index (χ4v) is 2.04. The molecule has 102 valence electrons. The van der Waals surface area contributed by atoms with Gasteiger partial charge in [0.15, 0.2) is 0 Å². The van der Waals surface area contributed by atoms with Gasteiger partial charge in [0.05, 0.1) is 11.4 Å². The first-order valence-corrected chi connectivity index (χ1v) is 6.60. The summed E-state index contributed by atoms with van der Waals surface area (Å²) in [5.74, 6) is 0.0414. The summed E-state index contributed by atoms with van der Waals surface area (Å²) in [6.07, 6.45) is 0. The van der Waals surface area contributed by atoms with Crippen molar-refractivity contribution < 1.29 is 14.4 Å². The first kappa shape index (κ1) is 13.7. The maximum absolute atomic E-state index is 11.1. The Balaban J connectivity index is 2.11. The standard InChI is InChI=1S/C12H15N3O3S/c1-12(2,11(16)17)15(3)7-9-13-10(14-18-9)8-5-4-6-19-8/h4-6H,7H2,1-3H3,(H,16,17). The molecule has 19 heavy (non-hydrogen) atoms. The van der Waals surface area contributed by atoms with Gasteiger partial charge in [0.2, 0.25) is 11.7 Å².